The van der Waals surface area contributed by atoms with E-state index >= 15 is 0 Å². The molecule has 1 fully saturated rings. The molecule has 4 nitrogen and oxygen atoms in total. The molecule has 2 aromatic rings. The van der Waals surface area contributed by atoms with Crippen molar-refractivity contribution in [1.29, 1.82) is 0 Å². The molecule has 1 heterocycles. The van der Waals surface area contributed by atoms with Gasteiger partial charge in [0.1, 0.15) is 6.54 Å². The van der Waals surface area contributed by atoms with Gasteiger partial charge in [-0.2, -0.15) is 0 Å². The minimum atomic E-state index is -1.84. The quantitative estimate of drug-likeness (QED) is 0.625. The van der Waals surface area contributed by atoms with Crippen molar-refractivity contribution in [3.63, 3.8) is 0 Å². The number of hydrogen-bond donors (Lipinski definition) is 2. The SMILES string of the molecule is O=C(OCC#CC[NH+]1CCCCC1)C(O)(c1ccccc1)c1ccccc1. The van der Waals surface area contributed by atoms with E-state index in [2.05, 4.69) is 11.8 Å². The number of hydrogen-bond acceptors (Lipinski definition) is 3. The zero-order valence-corrected chi connectivity index (χ0v) is 15.5. The molecule has 0 radical (unpaired) electrons. The van der Waals surface area contributed by atoms with E-state index in [-0.39, 0.29) is 6.61 Å². The standard InChI is InChI=1S/C23H25NO3/c25-22(27-19-11-10-18-24-16-8-3-9-17-24)23(26,20-12-4-1-5-13-20)21-14-6-2-7-15-21/h1-2,4-7,12-15,26H,3,8-9,16-19H2/p+1. The van der Waals surface area contributed by atoms with Crippen LogP contribution < -0.4 is 4.90 Å². The van der Waals surface area contributed by atoms with Crippen molar-refractivity contribution in [1.82, 2.24) is 0 Å². The Morgan fingerprint density at radius 3 is 2.04 bits per heavy atom. The van der Waals surface area contributed by atoms with E-state index in [1.54, 1.807) is 48.5 Å². The summed E-state index contributed by atoms with van der Waals surface area (Å²) in [5.74, 6) is 5.30. The first-order chi connectivity index (χ1) is 13.2. The maximum Gasteiger partial charge on any atom is 0.348 e. The predicted octanol–water partition coefficient (Wildman–Crippen LogP) is 1.54. The molecule has 0 saturated carbocycles. The summed E-state index contributed by atoms with van der Waals surface area (Å²) >= 11 is 0. The average molecular weight is 364 g/mol. The molecule has 0 unspecified atom stereocenters. The van der Waals surface area contributed by atoms with Crippen LogP contribution in [0, 0.1) is 11.8 Å². The van der Waals surface area contributed by atoms with Gasteiger partial charge in [0.05, 0.1) is 13.1 Å². The lowest BCUT2D eigenvalue weighted by Gasteiger charge is -2.26. The topological polar surface area (TPSA) is 51.0 Å². The first-order valence-electron chi connectivity index (χ1n) is 9.51. The summed E-state index contributed by atoms with van der Waals surface area (Å²) in [6.07, 6.45) is 3.83. The molecule has 1 aliphatic rings. The molecule has 1 saturated heterocycles. The first kappa shape index (κ1) is 19.2. The van der Waals surface area contributed by atoms with E-state index in [4.69, 9.17) is 4.74 Å². The third kappa shape index (κ3) is 4.77. The number of ether oxygens (including phenoxy) is 1. The predicted molar refractivity (Wildman–Crippen MR) is 104 cm³/mol. The van der Waals surface area contributed by atoms with E-state index < -0.39 is 11.6 Å². The molecule has 0 bridgehead atoms. The van der Waals surface area contributed by atoms with Crippen molar-refractivity contribution in [2.75, 3.05) is 26.2 Å². The van der Waals surface area contributed by atoms with Gasteiger partial charge in [-0.25, -0.2) is 4.79 Å². The number of quaternary nitrogens is 1. The number of aliphatic hydroxyl groups is 1. The van der Waals surface area contributed by atoms with Gasteiger partial charge in [-0.05, 0) is 36.3 Å². The molecule has 0 aliphatic carbocycles. The Morgan fingerprint density at radius 1 is 0.926 bits per heavy atom. The molecular formula is C23H26NO3+. The molecule has 3 rings (SSSR count). The van der Waals surface area contributed by atoms with Crippen LogP contribution in [0.3, 0.4) is 0 Å². The summed E-state index contributed by atoms with van der Waals surface area (Å²) in [7, 11) is 0. The van der Waals surface area contributed by atoms with Crippen LogP contribution in [0.15, 0.2) is 60.7 Å². The molecule has 27 heavy (non-hydrogen) atoms. The molecule has 0 amide bonds. The van der Waals surface area contributed by atoms with Gasteiger partial charge >= 0.3 is 5.97 Å². The number of nitrogens with one attached hydrogen (secondary N) is 1. The van der Waals surface area contributed by atoms with E-state index in [9.17, 15) is 9.90 Å². The average Bonchev–Trinajstić information content (AvgIpc) is 2.74. The number of carbonyl (C=O) groups is 1. The Kier molecular flexibility index (Phi) is 6.64. The van der Waals surface area contributed by atoms with E-state index in [1.807, 2.05) is 12.1 Å². The fourth-order valence-electron chi connectivity index (χ4n) is 3.43. The van der Waals surface area contributed by atoms with Crippen LogP contribution in [0.2, 0.25) is 0 Å². The summed E-state index contributed by atoms with van der Waals surface area (Å²) in [6, 6.07) is 17.7. The summed E-state index contributed by atoms with van der Waals surface area (Å²) in [6.45, 7) is 3.08. The van der Waals surface area contributed by atoms with Crippen LogP contribution in [0.1, 0.15) is 30.4 Å². The maximum absolute atomic E-state index is 12.8. The number of piperidine rings is 1. The molecule has 0 spiro atoms. The van der Waals surface area contributed by atoms with Gasteiger partial charge in [0.15, 0.2) is 6.61 Å². The third-order valence-electron chi connectivity index (χ3n) is 4.98. The molecule has 2 aromatic carbocycles. The Bertz CT molecular complexity index is 747. The van der Waals surface area contributed by atoms with Crippen molar-refractivity contribution >= 4 is 5.97 Å². The molecule has 0 atom stereocenters. The summed E-state index contributed by atoms with van der Waals surface area (Å²) in [4.78, 5) is 14.3. The molecule has 0 aromatic heterocycles. The molecule has 140 valence electrons. The van der Waals surface area contributed by atoms with Crippen molar-refractivity contribution in [3.05, 3.63) is 71.8 Å². The van der Waals surface area contributed by atoms with Crippen molar-refractivity contribution in [3.8, 4) is 11.8 Å². The van der Waals surface area contributed by atoms with Gasteiger partial charge in [0.2, 0.25) is 5.60 Å². The minimum Gasteiger partial charge on any atom is -0.450 e. The van der Waals surface area contributed by atoms with Gasteiger partial charge < -0.3 is 14.7 Å². The Balaban J connectivity index is 1.67. The van der Waals surface area contributed by atoms with E-state index in [0.29, 0.717) is 11.1 Å². The second kappa shape index (κ2) is 9.36. The lowest BCUT2D eigenvalue weighted by Crippen LogP contribution is -3.12. The van der Waals surface area contributed by atoms with Gasteiger partial charge in [-0.15, -0.1) is 0 Å². The number of benzene rings is 2. The number of likely N-dealkylation sites (tertiary alicyclic amines) is 1. The summed E-state index contributed by atoms with van der Waals surface area (Å²) in [5, 5.41) is 11.3. The fourth-order valence-corrected chi connectivity index (χ4v) is 3.43. The normalized spacial score (nSPS) is 14.9. The number of rotatable bonds is 5. The molecule has 2 N–H and O–H groups in total. The highest BCUT2D eigenvalue weighted by atomic mass is 16.5. The monoisotopic (exact) mass is 364 g/mol. The highest BCUT2D eigenvalue weighted by Gasteiger charge is 2.41. The number of carbonyl (C=O) groups excluding carboxylic acids is 1. The molecule has 1 aliphatic heterocycles. The Morgan fingerprint density at radius 2 is 1.48 bits per heavy atom. The lowest BCUT2D eigenvalue weighted by atomic mass is 9.86. The van der Waals surface area contributed by atoms with Gasteiger partial charge in [0, 0.05) is 0 Å². The van der Waals surface area contributed by atoms with Crippen molar-refractivity contribution in [2.45, 2.75) is 24.9 Å². The molecule has 4 heteroatoms. The third-order valence-corrected chi connectivity index (χ3v) is 4.98. The summed E-state index contributed by atoms with van der Waals surface area (Å²) in [5.41, 5.74) is -0.888. The van der Waals surface area contributed by atoms with E-state index in [0.717, 1.165) is 19.6 Å². The Hall–Kier alpha value is -2.61. The second-order valence-electron chi connectivity index (χ2n) is 6.86. The zero-order chi connectivity index (χ0) is 19.0. The van der Waals surface area contributed by atoms with Crippen LogP contribution in [0.5, 0.6) is 0 Å². The van der Waals surface area contributed by atoms with Crippen LogP contribution in [0.25, 0.3) is 0 Å². The van der Waals surface area contributed by atoms with Gasteiger partial charge in [0.25, 0.3) is 0 Å². The smallest absolute Gasteiger partial charge is 0.348 e. The van der Waals surface area contributed by atoms with E-state index in [1.165, 1.54) is 24.2 Å². The van der Waals surface area contributed by atoms with Crippen LogP contribution in [0.4, 0.5) is 0 Å². The second-order valence-corrected chi connectivity index (χ2v) is 6.86. The summed E-state index contributed by atoms with van der Waals surface area (Å²) < 4.78 is 5.33. The fraction of sp³-hybridized carbons (Fsp3) is 0.348. The van der Waals surface area contributed by atoms with Crippen LogP contribution in [-0.2, 0) is 15.1 Å². The molecular weight excluding hydrogens is 338 g/mol. The minimum absolute atomic E-state index is 0.0198. The number of esters is 1. The van der Waals surface area contributed by atoms with Crippen molar-refractivity contribution < 1.29 is 19.5 Å². The highest BCUT2D eigenvalue weighted by Crippen LogP contribution is 2.30. The van der Waals surface area contributed by atoms with Gasteiger partial charge in [-0.3, -0.25) is 0 Å². The Labute approximate surface area is 160 Å². The largest absolute Gasteiger partial charge is 0.450 e. The first-order valence-corrected chi connectivity index (χ1v) is 9.51. The van der Waals surface area contributed by atoms with Crippen LogP contribution >= 0.6 is 0 Å². The maximum atomic E-state index is 12.8. The lowest BCUT2D eigenvalue weighted by molar-refractivity contribution is -0.897. The highest BCUT2D eigenvalue weighted by molar-refractivity contribution is 5.85. The van der Waals surface area contributed by atoms with Crippen molar-refractivity contribution in [2.24, 2.45) is 0 Å². The van der Waals surface area contributed by atoms with Crippen LogP contribution in [-0.4, -0.2) is 37.3 Å². The zero-order valence-electron chi connectivity index (χ0n) is 15.5. The van der Waals surface area contributed by atoms with Gasteiger partial charge in [-0.1, -0.05) is 66.6 Å².